The van der Waals surface area contributed by atoms with Gasteiger partial charge >= 0.3 is 12.1 Å². The first-order valence-corrected chi connectivity index (χ1v) is 11.6. The average Bonchev–Trinajstić information content (AvgIpc) is 3.54. The molecule has 2 aliphatic carbocycles. The molecule has 2 amide bonds. The van der Waals surface area contributed by atoms with Gasteiger partial charge in [0.25, 0.3) is 0 Å². The third kappa shape index (κ3) is 4.37. The lowest BCUT2D eigenvalue weighted by Gasteiger charge is -2.17. The second-order valence-corrected chi connectivity index (χ2v) is 9.00. The molecular formula is C26H26N4O5. The Bertz CT molecular complexity index is 1250. The van der Waals surface area contributed by atoms with Crippen molar-refractivity contribution in [3.63, 3.8) is 0 Å². The summed E-state index contributed by atoms with van der Waals surface area (Å²) in [4.78, 5) is 36.6. The van der Waals surface area contributed by atoms with Crippen molar-refractivity contribution in [3.05, 3.63) is 71.4 Å². The number of ether oxygens (including phenoxy) is 1. The van der Waals surface area contributed by atoms with E-state index in [1.165, 1.54) is 22.0 Å². The molecule has 9 nitrogen and oxygen atoms in total. The van der Waals surface area contributed by atoms with Crippen LogP contribution in [0.25, 0.3) is 11.1 Å². The van der Waals surface area contributed by atoms with E-state index in [4.69, 9.17) is 4.74 Å². The average molecular weight is 475 g/mol. The van der Waals surface area contributed by atoms with Crippen molar-refractivity contribution in [2.45, 2.75) is 31.2 Å². The van der Waals surface area contributed by atoms with Gasteiger partial charge in [-0.25, -0.2) is 9.59 Å². The summed E-state index contributed by atoms with van der Waals surface area (Å²) in [6.07, 6.45) is 2.38. The topological polar surface area (TPSA) is 123 Å². The van der Waals surface area contributed by atoms with Crippen LogP contribution in [-0.2, 0) is 16.6 Å². The van der Waals surface area contributed by atoms with E-state index in [9.17, 15) is 19.5 Å². The van der Waals surface area contributed by atoms with Gasteiger partial charge in [-0.3, -0.25) is 9.48 Å². The fourth-order valence-electron chi connectivity index (χ4n) is 5.12. The first-order valence-electron chi connectivity index (χ1n) is 11.6. The van der Waals surface area contributed by atoms with Crippen LogP contribution < -0.4 is 10.6 Å². The number of anilines is 1. The summed E-state index contributed by atoms with van der Waals surface area (Å²) in [6, 6.07) is 16.1. The fraction of sp³-hybridized carbons (Fsp3) is 0.308. The first-order chi connectivity index (χ1) is 16.9. The number of hydrogen-bond acceptors (Lipinski definition) is 5. The summed E-state index contributed by atoms with van der Waals surface area (Å²) >= 11 is 0. The van der Waals surface area contributed by atoms with Gasteiger partial charge in [-0.1, -0.05) is 48.5 Å². The third-order valence-corrected chi connectivity index (χ3v) is 6.88. The summed E-state index contributed by atoms with van der Waals surface area (Å²) in [6.45, 7) is 0.231. The number of aryl methyl sites for hydroxylation is 1. The quantitative estimate of drug-likeness (QED) is 0.500. The van der Waals surface area contributed by atoms with Crippen molar-refractivity contribution in [2.24, 2.45) is 13.0 Å². The number of carboxylic acids is 1. The molecular weight excluding hydrogens is 448 g/mol. The number of amides is 2. The summed E-state index contributed by atoms with van der Waals surface area (Å²) in [5.41, 5.74) is 4.57. The normalized spacial score (nSPS) is 18.5. The SMILES string of the molecule is Cn1ncc(C(=O)O)c1NC(=O)C1CCC(NC(=O)OCC2c3ccccc3-c3ccccc32)C1. The molecule has 0 aliphatic heterocycles. The second kappa shape index (κ2) is 9.25. The van der Waals surface area contributed by atoms with Crippen LogP contribution in [0.4, 0.5) is 10.6 Å². The van der Waals surface area contributed by atoms with E-state index in [0.717, 1.165) is 11.1 Å². The molecule has 0 saturated heterocycles. The molecule has 1 aromatic heterocycles. The number of nitrogens with one attached hydrogen (secondary N) is 2. The molecule has 2 aliphatic rings. The fourth-order valence-corrected chi connectivity index (χ4v) is 5.12. The van der Waals surface area contributed by atoms with Crippen LogP contribution in [0.3, 0.4) is 0 Å². The van der Waals surface area contributed by atoms with Gasteiger partial charge in [0.1, 0.15) is 18.0 Å². The van der Waals surface area contributed by atoms with Crippen molar-refractivity contribution in [3.8, 4) is 11.1 Å². The number of hydrogen-bond donors (Lipinski definition) is 3. The number of aromatic carboxylic acids is 1. The summed E-state index contributed by atoms with van der Waals surface area (Å²) in [5, 5.41) is 18.7. The predicted octanol–water partition coefficient (Wildman–Crippen LogP) is 3.76. The highest BCUT2D eigenvalue weighted by Crippen LogP contribution is 2.44. The molecule has 35 heavy (non-hydrogen) atoms. The number of fused-ring (bicyclic) bond motifs is 3. The van der Waals surface area contributed by atoms with Crippen LogP contribution in [0.2, 0.25) is 0 Å². The maximum absolute atomic E-state index is 12.7. The molecule has 2 atom stereocenters. The third-order valence-electron chi connectivity index (χ3n) is 6.88. The molecule has 0 spiro atoms. The Balaban J connectivity index is 1.16. The minimum atomic E-state index is -1.16. The zero-order valence-electron chi connectivity index (χ0n) is 19.2. The molecule has 3 aromatic rings. The van der Waals surface area contributed by atoms with Gasteiger partial charge in [0.05, 0.1) is 6.20 Å². The number of carboxylic acid groups (broad SMARTS) is 1. The molecule has 0 radical (unpaired) electrons. The number of rotatable bonds is 6. The second-order valence-electron chi connectivity index (χ2n) is 9.00. The lowest BCUT2D eigenvalue weighted by molar-refractivity contribution is -0.119. The zero-order chi connectivity index (χ0) is 24.5. The van der Waals surface area contributed by atoms with E-state index in [-0.39, 0.29) is 41.8 Å². The summed E-state index contributed by atoms with van der Waals surface area (Å²) in [7, 11) is 1.57. The van der Waals surface area contributed by atoms with Crippen LogP contribution >= 0.6 is 0 Å². The maximum Gasteiger partial charge on any atom is 0.407 e. The smallest absolute Gasteiger partial charge is 0.407 e. The Morgan fingerprint density at radius 1 is 1.06 bits per heavy atom. The summed E-state index contributed by atoms with van der Waals surface area (Å²) in [5.74, 6) is -1.65. The van der Waals surface area contributed by atoms with Crippen LogP contribution in [0.5, 0.6) is 0 Å². The Labute approximate surface area is 202 Å². The maximum atomic E-state index is 12.7. The molecule has 2 aromatic carbocycles. The highest BCUT2D eigenvalue weighted by atomic mass is 16.5. The molecule has 9 heteroatoms. The Morgan fingerprint density at radius 2 is 1.71 bits per heavy atom. The number of alkyl carbamates (subject to hydrolysis) is 1. The Hall–Kier alpha value is -4.14. The first kappa shape index (κ1) is 22.6. The Kier molecular flexibility index (Phi) is 5.98. The molecule has 2 unspecified atom stereocenters. The van der Waals surface area contributed by atoms with E-state index in [1.54, 1.807) is 7.05 Å². The van der Waals surface area contributed by atoms with Crippen molar-refractivity contribution in [1.29, 1.82) is 0 Å². The van der Waals surface area contributed by atoms with Gasteiger partial charge in [0.15, 0.2) is 0 Å². The lowest BCUT2D eigenvalue weighted by atomic mass is 9.98. The number of carbonyl (C=O) groups excluding carboxylic acids is 2. The van der Waals surface area contributed by atoms with Crippen molar-refractivity contribution in [2.75, 3.05) is 11.9 Å². The van der Waals surface area contributed by atoms with Gasteiger partial charge < -0.3 is 20.5 Å². The van der Waals surface area contributed by atoms with Crippen LogP contribution in [0, 0.1) is 5.92 Å². The van der Waals surface area contributed by atoms with Crippen molar-refractivity contribution in [1.82, 2.24) is 15.1 Å². The van der Waals surface area contributed by atoms with Crippen LogP contribution in [0.15, 0.2) is 54.7 Å². The molecule has 0 bridgehead atoms. The molecule has 3 N–H and O–H groups in total. The van der Waals surface area contributed by atoms with Crippen LogP contribution in [-0.4, -0.2) is 45.5 Å². The predicted molar refractivity (Wildman–Crippen MR) is 128 cm³/mol. The number of benzene rings is 2. The monoisotopic (exact) mass is 474 g/mol. The van der Waals surface area contributed by atoms with Gasteiger partial charge in [-0.05, 0) is 41.5 Å². The zero-order valence-corrected chi connectivity index (χ0v) is 19.2. The van der Waals surface area contributed by atoms with E-state index < -0.39 is 12.1 Å². The molecule has 1 saturated carbocycles. The molecule has 5 rings (SSSR count). The van der Waals surface area contributed by atoms with Crippen molar-refractivity contribution >= 4 is 23.8 Å². The van der Waals surface area contributed by atoms with Crippen molar-refractivity contribution < 1.29 is 24.2 Å². The Morgan fingerprint density at radius 3 is 2.37 bits per heavy atom. The number of nitrogens with zero attached hydrogens (tertiary/aromatic N) is 2. The largest absolute Gasteiger partial charge is 0.477 e. The van der Waals surface area contributed by atoms with Gasteiger partial charge in [-0.15, -0.1) is 0 Å². The van der Waals surface area contributed by atoms with E-state index in [0.29, 0.717) is 19.3 Å². The number of carbonyl (C=O) groups is 3. The van der Waals surface area contributed by atoms with Gasteiger partial charge in [0.2, 0.25) is 5.91 Å². The van der Waals surface area contributed by atoms with Gasteiger partial charge in [-0.2, -0.15) is 5.10 Å². The lowest BCUT2D eigenvalue weighted by Crippen LogP contribution is -2.35. The number of aromatic nitrogens is 2. The highest BCUT2D eigenvalue weighted by molar-refractivity contribution is 6.00. The minimum absolute atomic E-state index is 0.0161. The molecule has 180 valence electrons. The highest BCUT2D eigenvalue weighted by Gasteiger charge is 2.33. The van der Waals surface area contributed by atoms with E-state index in [1.807, 2.05) is 24.3 Å². The standard InChI is InChI=1S/C26H26N4O5/c1-30-23(21(13-27-30)25(32)33)29-24(31)15-10-11-16(12-15)28-26(34)35-14-22-19-8-4-2-6-17(19)18-7-3-5-9-20(18)22/h2-9,13,15-16,22H,10-12,14H2,1H3,(H,28,34)(H,29,31)(H,32,33). The molecule has 1 fully saturated rings. The van der Waals surface area contributed by atoms with E-state index in [2.05, 4.69) is 40.0 Å². The van der Waals surface area contributed by atoms with Crippen LogP contribution in [0.1, 0.15) is 46.7 Å². The summed E-state index contributed by atoms with van der Waals surface area (Å²) < 4.78 is 6.94. The minimum Gasteiger partial charge on any atom is -0.477 e. The van der Waals surface area contributed by atoms with E-state index >= 15 is 0 Å². The molecule has 1 heterocycles. The van der Waals surface area contributed by atoms with Gasteiger partial charge in [0, 0.05) is 24.9 Å².